The van der Waals surface area contributed by atoms with E-state index in [0.29, 0.717) is 29.0 Å². The van der Waals surface area contributed by atoms with Gasteiger partial charge in [0.15, 0.2) is 30.2 Å². The zero-order valence-electron chi connectivity index (χ0n) is 32.4. The fraction of sp³-hybridized carbons (Fsp3) is 0.703. The van der Waals surface area contributed by atoms with E-state index in [0.717, 1.165) is 36.5 Å². The first kappa shape index (κ1) is 42.2. The molecule has 0 unspecified atom stereocenters. The quantitative estimate of drug-likeness (QED) is 0.0682. The van der Waals surface area contributed by atoms with Gasteiger partial charge >= 0.3 is 5.97 Å². The highest BCUT2D eigenvalue weighted by Crippen LogP contribution is 2.43. The molecule has 1 saturated carbocycles. The molecule has 0 heterocycles. The van der Waals surface area contributed by atoms with Crippen LogP contribution in [0.25, 0.3) is 6.08 Å². The summed E-state index contributed by atoms with van der Waals surface area (Å²) in [6, 6.07) is 6.62. The average molecular weight is 721 g/mol. The van der Waals surface area contributed by atoms with Gasteiger partial charge < -0.3 is 32.5 Å². The Morgan fingerprint density at radius 1 is 0.958 bits per heavy atom. The van der Waals surface area contributed by atoms with E-state index in [1.165, 1.54) is 0 Å². The molecule has 0 spiro atoms. The highest BCUT2D eigenvalue weighted by Gasteiger charge is 2.46. The first-order valence-electron chi connectivity index (χ1n) is 17.5. The van der Waals surface area contributed by atoms with Crippen LogP contribution in [0.3, 0.4) is 0 Å². The SMILES string of the molecule is CC[Si](CC)(CC)O[C@H]1/C(=C/c2cc(OCOC)cc(OCOC)c2C(=O)O[C@@H](C)CC#C[Si](C)(C)C)CC[C@@H]1O[Si](C)(C)C(C)(C)C. The Morgan fingerprint density at radius 2 is 1.56 bits per heavy atom. The highest BCUT2D eigenvalue weighted by atomic mass is 28.4. The smallest absolute Gasteiger partial charge is 0.342 e. The maximum absolute atomic E-state index is 14.0. The summed E-state index contributed by atoms with van der Waals surface area (Å²) in [5.74, 6) is 3.56. The fourth-order valence-electron chi connectivity index (χ4n) is 5.43. The Kier molecular flexibility index (Phi) is 16.2. The van der Waals surface area contributed by atoms with Crippen molar-refractivity contribution in [1.29, 1.82) is 0 Å². The Balaban J connectivity index is 2.73. The minimum absolute atomic E-state index is 0.0438. The molecule has 1 fully saturated rings. The summed E-state index contributed by atoms with van der Waals surface area (Å²) in [6.07, 6.45) is 3.49. The van der Waals surface area contributed by atoms with Crippen molar-refractivity contribution in [2.24, 2.45) is 0 Å². The lowest BCUT2D eigenvalue weighted by Crippen LogP contribution is -2.49. The van der Waals surface area contributed by atoms with Crippen LogP contribution in [0.2, 0.25) is 55.9 Å². The van der Waals surface area contributed by atoms with E-state index in [1.54, 1.807) is 20.3 Å². The third-order valence-corrected chi connectivity index (χ3v) is 19.5. The van der Waals surface area contributed by atoms with E-state index in [2.05, 4.69) is 91.8 Å². The molecule has 1 aliphatic rings. The summed E-state index contributed by atoms with van der Waals surface area (Å²) in [5.41, 5.74) is 5.41. The van der Waals surface area contributed by atoms with E-state index in [1.807, 2.05) is 13.0 Å². The maximum Gasteiger partial charge on any atom is 0.342 e. The summed E-state index contributed by atoms with van der Waals surface area (Å²) in [7, 11) is -2.57. The Morgan fingerprint density at radius 3 is 2.10 bits per heavy atom. The lowest BCUT2D eigenvalue weighted by Gasteiger charge is -2.41. The van der Waals surface area contributed by atoms with Crippen molar-refractivity contribution in [3.05, 3.63) is 28.8 Å². The number of rotatable bonds is 17. The van der Waals surface area contributed by atoms with Crippen molar-refractivity contribution in [3.63, 3.8) is 0 Å². The molecule has 3 atom stereocenters. The van der Waals surface area contributed by atoms with E-state index >= 15 is 0 Å². The van der Waals surface area contributed by atoms with E-state index in [9.17, 15) is 4.79 Å². The van der Waals surface area contributed by atoms with Gasteiger partial charge in [0.2, 0.25) is 0 Å². The van der Waals surface area contributed by atoms with Gasteiger partial charge in [-0.05, 0) is 73.2 Å². The number of esters is 1. The van der Waals surface area contributed by atoms with Crippen LogP contribution >= 0.6 is 0 Å². The average Bonchev–Trinajstić information content (AvgIpc) is 3.35. The second-order valence-electron chi connectivity index (χ2n) is 15.4. The van der Waals surface area contributed by atoms with Crippen LogP contribution in [0.1, 0.15) is 83.7 Å². The number of carbonyl (C=O) groups excluding carboxylic acids is 1. The number of ether oxygens (including phenoxy) is 5. The zero-order chi connectivity index (χ0) is 36.3. The third kappa shape index (κ3) is 12.1. The molecule has 0 aliphatic heterocycles. The maximum atomic E-state index is 14.0. The largest absolute Gasteiger partial charge is 0.467 e. The molecule has 1 aliphatic carbocycles. The first-order chi connectivity index (χ1) is 22.4. The van der Waals surface area contributed by atoms with Gasteiger partial charge in [0.1, 0.15) is 31.2 Å². The lowest BCUT2D eigenvalue weighted by atomic mass is 10.0. The number of hydrogen-bond donors (Lipinski definition) is 0. The summed E-state index contributed by atoms with van der Waals surface area (Å²) >= 11 is 0. The van der Waals surface area contributed by atoms with Crippen molar-refractivity contribution in [2.75, 3.05) is 27.8 Å². The summed E-state index contributed by atoms with van der Waals surface area (Å²) < 4.78 is 42.6. The summed E-state index contributed by atoms with van der Waals surface area (Å²) in [6.45, 7) is 26.6. The second-order valence-corrected chi connectivity index (χ2v) is 29.6. The Bertz CT molecular complexity index is 1270. The van der Waals surface area contributed by atoms with Gasteiger partial charge in [0.25, 0.3) is 0 Å². The molecule has 8 nitrogen and oxygen atoms in total. The molecule has 11 heteroatoms. The van der Waals surface area contributed by atoms with Gasteiger partial charge in [-0.2, -0.15) is 0 Å². The lowest BCUT2D eigenvalue weighted by molar-refractivity contribution is 0.0313. The number of hydrogen-bond acceptors (Lipinski definition) is 8. The topological polar surface area (TPSA) is 81.7 Å². The van der Waals surface area contributed by atoms with E-state index < -0.39 is 36.8 Å². The van der Waals surface area contributed by atoms with Gasteiger partial charge in [0.05, 0.1) is 12.2 Å². The standard InChI is InChI=1S/C37H64O8Si3/c1-15-48(16-2,17-3)45-35-29(20-21-32(35)44-47(13,14)37(5,6)7)23-30-24-31(41-26-39-8)25-33(42-27-40-9)34(30)36(38)43-28(4)19-18-22-46(10,11)12/h23-25,28,32,35H,15-17,19-21,26-27H2,1-14H3/b29-23+/t28-,32-,35-/m0/s1. The molecule has 0 radical (unpaired) electrons. The number of carbonyl (C=O) groups is 1. The van der Waals surface area contributed by atoms with E-state index in [-0.39, 0.29) is 30.8 Å². The molecule has 2 rings (SSSR count). The molecule has 0 saturated heterocycles. The van der Waals surface area contributed by atoms with Crippen molar-refractivity contribution >= 4 is 36.8 Å². The summed E-state index contributed by atoms with van der Waals surface area (Å²) in [4.78, 5) is 14.0. The molecule has 0 amide bonds. The first-order valence-corrected chi connectivity index (χ1v) is 26.5. The van der Waals surface area contributed by atoms with Gasteiger partial charge in [0, 0.05) is 26.7 Å². The van der Waals surface area contributed by atoms with Crippen LogP contribution in [0.15, 0.2) is 17.7 Å². The van der Waals surface area contributed by atoms with Crippen LogP contribution in [-0.2, 0) is 23.1 Å². The van der Waals surface area contributed by atoms with Crippen molar-refractivity contribution in [2.45, 2.75) is 142 Å². The van der Waals surface area contributed by atoms with Crippen molar-refractivity contribution in [3.8, 4) is 23.0 Å². The van der Waals surface area contributed by atoms with Crippen LogP contribution in [-0.4, -0.2) is 76.8 Å². The van der Waals surface area contributed by atoms with Crippen molar-refractivity contribution < 1.29 is 37.3 Å². The molecule has 272 valence electrons. The minimum Gasteiger partial charge on any atom is -0.467 e. The molecule has 48 heavy (non-hydrogen) atoms. The predicted octanol–water partition coefficient (Wildman–Crippen LogP) is 9.43. The third-order valence-electron chi connectivity index (χ3n) is 9.47. The molecule has 0 bridgehead atoms. The zero-order valence-corrected chi connectivity index (χ0v) is 35.4. The fourth-order valence-corrected chi connectivity index (χ4v) is 10.3. The number of methoxy groups -OCH3 is 2. The molecular formula is C37H64O8Si3. The minimum atomic E-state index is -2.10. The van der Waals surface area contributed by atoms with E-state index in [4.69, 9.17) is 32.5 Å². The molecule has 1 aromatic carbocycles. The summed E-state index contributed by atoms with van der Waals surface area (Å²) in [5, 5.41) is 0.0620. The van der Waals surface area contributed by atoms with Gasteiger partial charge in [-0.1, -0.05) is 67.3 Å². The van der Waals surface area contributed by atoms with Crippen LogP contribution in [0.4, 0.5) is 0 Å². The highest BCUT2D eigenvalue weighted by molar-refractivity contribution is 6.83. The normalized spacial score (nSPS) is 18.8. The molecular weight excluding hydrogens is 657 g/mol. The number of benzene rings is 1. The Hall–Kier alpha value is -1.92. The molecule has 0 N–H and O–H groups in total. The van der Waals surface area contributed by atoms with Crippen LogP contribution in [0.5, 0.6) is 11.5 Å². The predicted molar refractivity (Wildman–Crippen MR) is 203 cm³/mol. The van der Waals surface area contributed by atoms with Gasteiger partial charge in [-0.25, -0.2) is 4.79 Å². The molecule has 0 aromatic heterocycles. The van der Waals surface area contributed by atoms with Gasteiger partial charge in [-0.3, -0.25) is 0 Å². The second kappa shape index (κ2) is 18.4. The Labute approximate surface area is 294 Å². The molecule has 1 aromatic rings. The van der Waals surface area contributed by atoms with Crippen molar-refractivity contribution in [1.82, 2.24) is 0 Å². The monoisotopic (exact) mass is 720 g/mol. The van der Waals surface area contributed by atoms with Crippen LogP contribution < -0.4 is 9.47 Å². The van der Waals surface area contributed by atoms with Crippen LogP contribution in [0, 0.1) is 11.5 Å². The van der Waals surface area contributed by atoms with Gasteiger partial charge in [-0.15, -0.1) is 11.5 Å².